The van der Waals surface area contributed by atoms with Crippen LogP contribution in [0.3, 0.4) is 0 Å². The Balaban J connectivity index is 1.54. The summed E-state index contributed by atoms with van der Waals surface area (Å²) < 4.78 is 1.77. The molecule has 1 N–H and O–H groups in total. The third-order valence-corrected chi connectivity index (χ3v) is 6.41. The molecular weight excluding hydrogens is 380 g/mol. The molecule has 8 nitrogen and oxygen atoms in total. The number of likely N-dealkylation sites (tertiary alicyclic amines) is 1. The smallest absolute Gasteiger partial charge is 0.225 e. The Morgan fingerprint density at radius 1 is 1.27 bits per heavy atom. The number of rotatable bonds is 5. The Morgan fingerprint density at radius 3 is 2.70 bits per heavy atom. The number of carbonyl (C=O) groups is 1. The summed E-state index contributed by atoms with van der Waals surface area (Å²) in [6.45, 7) is 1.33. The monoisotopic (exact) mass is 412 g/mol. The zero-order valence-electron chi connectivity index (χ0n) is 18.2. The van der Waals surface area contributed by atoms with Gasteiger partial charge in [-0.3, -0.25) is 9.48 Å². The molecular formula is C22H32N6O2. The van der Waals surface area contributed by atoms with Crippen LogP contribution in [0, 0.1) is 0 Å². The molecule has 0 spiro atoms. The Morgan fingerprint density at radius 2 is 2.03 bits per heavy atom. The first kappa shape index (κ1) is 20.8. The molecule has 1 saturated heterocycles. The number of anilines is 1. The highest BCUT2D eigenvalue weighted by atomic mass is 16.3. The average Bonchev–Trinajstić information content (AvgIpc) is 3.37. The van der Waals surface area contributed by atoms with E-state index in [0.717, 1.165) is 55.3 Å². The Hall–Kier alpha value is -2.48. The minimum atomic E-state index is -0.818. The maximum absolute atomic E-state index is 12.9. The molecule has 1 amide bonds. The summed E-state index contributed by atoms with van der Waals surface area (Å²) >= 11 is 0. The van der Waals surface area contributed by atoms with Gasteiger partial charge in [-0.25, -0.2) is 9.97 Å². The second-order valence-corrected chi connectivity index (χ2v) is 9.05. The van der Waals surface area contributed by atoms with Crippen molar-refractivity contribution in [2.75, 3.05) is 32.1 Å². The molecule has 2 aliphatic rings. The van der Waals surface area contributed by atoms with Gasteiger partial charge in [0.05, 0.1) is 23.9 Å². The quantitative estimate of drug-likeness (QED) is 0.811. The van der Waals surface area contributed by atoms with E-state index in [1.165, 1.54) is 0 Å². The number of aryl methyl sites for hydroxylation is 1. The summed E-state index contributed by atoms with van der Waals surface area (Å²) in [6.07, 6.45) is 11.4. The molecule has 162 valence electrons. The van der Waals surface area contributed by atoms with Crippen molar-refractivity contribution < 1.29 is 9.90 Å². The molecule has 3 heterocycles. The predicted molar refractivity (Wildman–Crippen MR) is 115 cm³/mol. The molecule has 0 aromatic carbocycles. The van der Waals surface area contributed by atoms with Gasteiger partial charge >= 0.3 is 0 Å². The van der Waals surface area contributed by atoms with Gasteiger partial charge in [-0.05, 0) is 19.3 Å². The molecule has 4 rings (SSSR count). The van der Waals surface area contributed by atoms with E-state index in [9.17, 15) is 9.90 Å². The molecule has 8 heteroatoms. The summed E-state index contributed by atoms with van der Waals surface area (Å²) in [5.74, 6) is 0.873. The molecule has 1 atom stereocenters. The highest BCUT2D eigenvalue weighted by molar-refractivity contribution is 5.78. The first-order valence-corrected chi connectivity index (χ1v) is 10.9. The van der Waals surface area contributed by atoms with E-state index in [1.807, 2.05) is 49.5 Å². The predicted octanol–water partition coefficient (Wildman–Crippen LogP) is 2.34. The number of nitrogens with zero attached hydrogens (tertiary/aromatic N) is 6. The van der Waals surface area contributed by atoms with Crippen LogP contribution in [0.25, 0.3) is 11.1 Å². The van der Waals surface area contributed by atoms with E-state index in [0.29, 0.717) is 19.0 Å². The third kappa shape index (κ3) is 4.33. The van der Waals surface area contributed by atoms with Crippen LogP contribution in [0.1, 0.15) is 56.6 Å². The number of amides is 1. The molecule has 1 unspecified atom stereocenters. The summed E-state index contributed by atoms with van der Waals surface area (Å²) in [7, 11) is 5.75. The van der Waals surface area contributed by atoms with Crippen molar-refractivity contribution in [3.8, 4) is 11.1 Å². The van der Waals surface area contributed by atoms with Gasteiger partial charge in [0.2, 0.25) is 11.9 Å². The number of carbonyl (C=O) groups excluding carboxylic acids is 1. The molecule has 0 radical (unpaired) electrons. The van der Waals surface area contributed by atoms with E-state index in [-0.39, 0.29) is 18.2 Å². The Kier molecular flexibility index (Phi) is 5.77. The fraction of sp³-hybridized carbons (Fsp3) is 0.636. The normalized spacial score (nSPS) is 21.1. The highest BCUT2D eigenvalue weighted by Crippen LogP contribution is 2.36. The molecule has 30 heavy (non-hydrogen) atoms. The van der Waals surface area contributed by atoms with Gasteiger partial charge in [0.15, 0.2) is 0 Å². The van der Waals surface area contributed by atoms with Crippen molar-refractivity contribution in [2.24, 2.45) is 7.05 Å². The standard InChI is InChI=1S/C22H32N6O2/c1-26(2)21-23-13-18(17-12-24-27(3)14-17)20(25-21)16-7-10-28(15-16)19(29)11-22(30)8-5-4-6-9-22/h12-14,16,30H,4-11,15H2,1-3H3. The minimum absolute atomic E-state index is 0.0618. The number of aliphatic hydroxyl groups is 1. The number of hydrogen-bond acceptors (Lipinski definition) is 6. The largest absolute Gasteiger partial charge is 0.389 e. The molecule has 1 saturated carbocycles. The SMILES string of the molecule is CN(C)c1ncc(-c2cnn(C)c2)c(C2CCN(C(=O)CC3(O)CCCCC3)C2)n1. The zero-order chi connectivity index (χ0) is 21.3. The summed E-state index contributed by atoms with van der Waals surface area (Å²) in [5, 5.41) is 15.1. The van der Waals surface area contributed by atoms with E-state index >= 15 is 0 Å². The lowest BCUT2D eigenvalue weighted by atomic mass is 9.82. The van der Waals surface area contributed by atoms with E-state index < -0.39 is 5.60 Å². The maximum Gasteiger partial charge on any atom is 0.225 e. The van der Waals surface area contributed by atoms with Gasteiger partial charge in [-0.1, -0.05) is 19.3 Å². The summed E-state index contributed by atoms with van der Waals surface area (Å²) in [4.78, 5) is 26.1. The van der Waals surface area contributed by atoms with Crippen molar-refractivity contribution in [1.82, 2.24) is 24.6 Å². The molecule has 2 aromatic heterocycles. The molecule has 1 aliphatic carbocycles. The van der Waals surface area contributed by atoms with Gasteiger partial charge in [0.1, 0.15) is 0 Å². The van der Waals surface area contributed by atoms with Crippen LogP contribution in [0.2, 0.25) is 0 Å². The van der Waals surface area contributed by atoms with Crippen molar-refractivity contribution in [3.63, 3.8) is 0 Å². The maximum atomic E-state index is 12.9. The third-order valence-electron chi connectivity index (χ3n) is 6.41. The molecule has 2 aromatic rings. The lowest BCUT2D eigenvalue weighted by Gasteiger charge is -2.32. The number of aromatic nitrogens is 4. The second-order valence-electron chi connectivity index (χ2n) is 9.05. The topological polar surface area (TPSA) is 87.4 Å². The first-order chi connectivity index (χ1) is 14.3. The first-order valence-electron chi connectivity index (χ1n) is 10.9. The van der Waals surface area contributed by atoms with Crippen LogP contribution in [0.4, 0.5) is 5.95 Å². The van der Waals surface area contributed by atoms with Crippen LogP contribution >= 0.6 is 0 Å². The van der Waals surface area contributed by atoms with Crippen LogP contribution in [0.15, 0.2) is 18.6 Å². The lowest BCUT2D eigenvalue weighted by molar-refractivity contribution is -0.136. The summed E-state index contributed by atoms with van der Waals surface area (Å²) in [6, 6.07) is 0. The van der Waals surface area contributed by atoms with Crippen LogP contribution < -0.4 is 4.90 Å². The lowest BCUT2D eigenvalue weighted by Crippen LogP contribution is -2.39. The van der Waals surface area contributed by atoms with E-state index in [4.69, 9.17) is 4.98 Å². The summed E-state index contributed by atoms with van der Waals surface area (Å²) in [5.41, 5.74) is 2.10. The molecule has 2 fully saturated rings. The fourth-order valence-electron chi connectivity index (χ4n) is 4.68. The van der Waals surface area contributed by atoms with Gasteiger partial charge in [0.25, 0.3) is 0 Å². The van der Waals surface area contributed by atoms with Crippen molar-refractivity contribution in [3.05, 3.63) is 24.3 Å². The van der Waals surface area contributed by atoms with Crippen molar-refractivity contribution in [1.29, 1.82) is 0 Å². The van der Waals surface area contributed by atoms with Crippen molar-refractivity contribution >= 4 is 11.9 Å². The highest BCUT2D eigenvalue weighted by Gasteiger charge is 2.36. The van der Waals surface area contributed by atoms with Crippen LogP contribution in [0.5, 0.6) is 0 Å². The van der Waals surface area contributed by atoms with Gasteiger partial charge < -0.3 is 14.9 Å². The zero-order valence-corrected chi connectivity index (χ0v) is 18.2. The van der Waals surface area contributed by atoms with Gasteiger partial charge in [-0.2, -0.15) is 5.10 Å². The molecule has 1 aliphatic heterocycles. The Bertz CT molecular complexity index is 903. The average molecular weight is 413 g/mol. The van der Waals surface area contributed by atoms with Crippen LogP contribution in [-0.2, 0) is 11.8 Å². The van der Waals surface area contributed by atoms with Crippen molar-refractivity contribution in [2.45, 2.75) is 56.5 Å². The molecule has 0 bridgehead atoms. The fourth-order valence-corrected chi connectivity index (χ4v) is 4.68. The Labute approximate surface area is 177 Å². The minimum Gasteiger partial charge on any atom is -0.389 e. The number of hydrogen-bond donors (Lipinski definition) is 1. The second kappa shape index (κ2) is 8.34. The van der Waals surface area contributed by atoms with Gasteiger partial charge in [-0.15, -0.1) is 0 Å². The van der Waals surface area contributed by atoms with Gasteiger partial charge in [0, 0.05) is 63.7 Å². The van der Waals surface area contributed by atoms with Crippen LogP contribution in [-0.4, -0.2) is 68.4 Å². The van der Waals surface area contributed by atoms with E-state index in [2.05, 4.69) is 10.1 Å². The van der Waals surface area contributed by atoms with E-state index in [1.54, 1.807) is 4.68 Å².